The Labute approximate surface area is 304 Å². The molecule has 2 N–H and O–H groups in total. The van der Waals surface area contributed by atoms with Gasteiger partial charge >= 0.3 is 81.2 Å². The maximum absolute atomic E-state index is 11.3. The van der Waals surface area contributed by atoms with Gasteiger partial charge in [-0.2, -0.15) is 8.42 Å². The van der Waals surface area contributed by atoms with Gasteiger partial charge in [0.2, 0.25) is 0 Å². The zero-order chi connectivity index (χ0) is 30.2. The Balaban J connectivity index is -0.000000328. The van der Waals surface area contributed by atoms with Crippen molar-refractivity contribution < 1.29 is 32.4 Å². The van der Waals surface area contributed by atoms with Crippen molar-refractivity contribution in [1.82, 2.24) is 0 Å². The second-order valence-corrected chi connectivity index (χ2v) is 12.8. The van der Waals surface area contributed by atoms with Crippen molar-refractivity contribution in [3.63, 3.8) is 0 Å². The molecule has 0 rings (SSSR count). The first-order valence-corrected chi connectivity index (χ1v) is 18.1. The van der Waals surface area contributed by atoms with Crippen molar-refractivity contribution in [2.24, 2.45) is 0 Å². The fourth-order valence-corrected chi connectivity index (χ4v) is 5.24. The van der Waals surface area contributed by atoms with Gasteiger partial charge in [-0.15, -0.1) is 0 Å². The normalized spacial score (nSPS) is 10.6. The van der Waals surface area contributed by atoms with E-state index >= 15 is 0 Å². The van der Waals surface area contributed by atoms with E-state index in [9.17, 15) is 18.0 Å². The van der Waals surface area contributed by atoms with Crippen LogP contribution in [-0.2, 0) is 23.9 Å². The van der Waals surface area contributed by atoms with Crippen molar-refractivity contribution in [3.8, 4) is 0 Å². The van der Waals surface area contributed by atoms with Crippen LogP contribution in [0.5, 0.6) is 0 Å². The molecule has 0 atom stereocenters. The van der Waals surface area contributed by atoms with Crippen LogP contribution in [0.1, 0.15) is 181 Å². The molecule has 0 amide bonds. The summed E-state index contributed by atoms with van der Waals surface area (Å²) in [6, 6.07) is 0. The van der Waals surface area contributed by atoms with Crippen molar-refractivity contribution >= 4 is 81.2 Å². The quantitative estimate of drug-likeness (QED) is 0.0486. The number of carbonyl (C=O) groups is 2. The Morgan fingerprint density at radius 1 is 0.524 bits per heavy atom. The molecule has 0 fully saturated rings. The first kappa shape index (κ1) is 49.7. The number of hydrogen-bond donors (Lipinski definition) is 2. The summed E-state index contributed by atoms with van der Waals surface area (Å²) in [5.41, 5.74) is 0. The van der Waals surface area contributed by atoms with Gasteiger partial charge in [-0.05, 0) is 12.8 Å². The van der Waals surface area contributed by atoms with Crippen molar-refractivity contribution in [1.29, 1.82) is 0 Å². The molecular formula is C32H66Na2O7S. The minimum atomic E-state index is -3.89. The fourth-order valence-electron chi connectivity index (χ4n) is 4.56. The Bertz CT molecular complexity index is 661. The van der Waals surface area contributed by atoms with E-state index in [0.717, 1.165) is 25.7 Å². The van der Waals surface area contributed by atoms with Crippen LogP contribution < -0.4 is 0 Å². The monoisotopic (exact) mass is 640 g/mol. The summed E-state index contributed by atoms with van der Waals surface area (Å²) in [6.45, 7) is 3.93. The van der Waals surface area contributed by atoms with Crippen molar-refractivity contribution in [2.75, 3.05) is 12.4 Å². The maximum atomic E-state index is 11.3. The topological polar surface area (TPSA) is 118 Å². The van der Waals surface area contributed by atoms with Crippen LogP contribution in [0.25, 0.3) is 0 Å². The summed E-state index contributed by atoms with van der Waals surface area (Å²) in [7, 11) is -3.89. The van der Waals surface area contributed by atoms with Crippen LogP contribution in [0.15, 0.2) is 0 Å². The molecule has 42 heavy (non-hydrogen) atoms. The number of carboxylic acid groups (broad SMARTS) is 1. The molecule has 0 aliphatic rings. The van der Waals surface area contributed by atoms with Gasteiger partial charge < -0.3 is 14.4 Å². The second-order valence-electron chi connectivity index (χ2n) is 11.1. The first-order chi connectivity index (χ1) is 19.3. The standard InChI is InChI=1S/C18H36O2.C14H28O5S.2Na.2H/c1-2-3-4-5-6-7-8-9-10-11-12-13-14-15-16-17-18(19)20;1-2-3-4-5-6-7-8-9-10-11-14(16)19-20(17,18)13-12-15;;;;/h2-17H2,1H3,(H,19,20);15H,2-13H2,1H3;;;;. The number of carboxylic acids is 1. The average molecular weight is 641 g/mol. The van der Waals surface area contributed by atoms with Gasteiger partial charge in [-0.1, -0.05) is 155 Å². The van der Waals surface area contributed by atoms with Gasteiger partial charge in [0.25, 0.3) is 0 Å². The van der Waals surface area contributed by atoms with Crippen LogP contribution in [0, 0.1) is 0 Å². The third kappa shape index (κ3) is 45.3. The van der Waals surface area contributed by atoms with E-state index in [0.29, 0.717) is 12.8 Å². The molecule has 7 nitrogen and oxygen atoms in total. The van der Waals surface area contributed by atoms with Crippen molar-refractivity contribution in [2.45, 2.75) is 181 Å². The molecule has 0 aromatic carbocycles. The molecule has 0 unspecified atom stereocenters. The molecular weight excluding hydrogens is 574 g/mol. The summed E-state index contributed by atoms with van der Waals surface area (Å²) in [4.78, 5) is 21.6. The summed E-state index contributed by atoms with van der Waals surface area (Å²) in [5, 5.41) is 17.0. The Kier molecular flexibility index (Phi) is 47.2. The number of aliphatic carboxylic acids is 1. The Morgan fingerprint density at radius 2 is 0.810 bits per heavy atom. The number of aliphatic hydroxyl groups excluding tert-OH is 1. The van der Waals surface area contributed by atoms with Gasteiger partial charge in [0, 0.05) is 12.8 Å². The predicted octanol–water partition coefficient (Wildman–Crippen LogP) is 7.81. The van der Waals surface area contributed by atoms with Gasteiger partial charge in [-0.3, -0.25) is 9.59 Å². The SMILES string of the molecule is CCCCCCCCCCCC(=O)OS(=O)(=O)CCO.CCCCCCCCCCCCCCCCCC(=O)O.[NaH].[NaH]. The number of aliphatic hydroxyl groups is 1. The third-order valence-electron chi connectivity index (χ3n) is 7.04. The summed E-state index contributed by atoms with van der Waals surface area (Å²) in [6.07, 6.45) is 30.5. The van der Waals surface area contributed by atoms with Crippen LogP contribution in [-0.4, -0.2) is 102 Å². The molecule has 0 heterocycles. The van der Waals surface area contributed by atoms with E-state index in [2.05, 4.69) is 18.0 Å². The third-order valence-corrected chi connectivity index (χ3v) is 8.16. The van der Waals surface area contributed by atoms with E-state index in [1.807, 2.05) is 0 Å². The number of carbonyl (C=O) groups excluding carboxylic acids is 1. The van der Waals surface area contributed by atoms with E-state index < -0.39 is 34.4 Å². The zero-order valence-corrected chi connectivity index (χ0v) is 27.0. The van der Waals surface area contributed by atoms with Gasteiger partial charge in [-0.25, -0.2) is 0 Å². The van der Waals surface area contributed by atoms with E-state index in [4.69, 9.17) is 10.2 Å². The summed E-state index contributed by atoms with van der Waals surface area (Å²) >= 11 is 0. The number of hydrogen-bond acceptors (Lipinski definition) is 6. The molecule has 0 radical (unpaired) electrons. The predicted molar refractivity (Wildman–Crippen MR) is 180 cm³/mol. The molecule has 0 saturated carbocycles. The van der Waals surface area contributed by atoms with Crippen LogP contribution in [0.2, 0.25) is 0 Å². The van der Waals surface area contributed by atoms with Crippen LogP contribution >= 0.6 is 0 Å². The summed E-state index contributed by atoms with van der Waals surface area (Å²) < 4.78 is 26.5. The Morgan fingerprint density at radius 3 is 1.10 bits per heavy atom. The van der Waals surface area contributed by atoms with Gasteiger partial charge in [0.1, 0.15) is 5.75 Å². The van der Waals surface area contributed by atoms with E-state index in [-0.39, 0.29) is 65.5 Å². The number of rotatable bonds is 29. The van der Waals surface area contributed by atoms with E-state index in [1.165, 1.54) is 122 Å². The molecule has 244 valence electrons. The molecule has 0 aromatic heterocycles. The molecule has 0 aliphatic heterocycles. The van der Waals surface area contributed by atoms with Crippen LogP contribution in [0.4, 0.5) is 0 Å². The first-order valence-electron chi connectivity index (χ1n) is 16.6. The second kappa shape index (κ2) is 39.9. The minimum absolute atomic E-state index is 0. The zero-order valence-electron chi connectivity index (χ0n) is 26.1. The summed E-state index contributed by atoms with van der Waals surface area (Å²) in [5.74, 6) is -1.91. The van der Waals surface area contributed by atoms with Crippen LogP contribution in [0.3, 0.4) is 0 Å². The molecule has 0 aliphatic carbocycles. The Hall–Kier alpha value is 0.850. The molecule has 0 spiro atoms. The number of unbranched alkanes of at least 4 members (excludes halogenated alkanes) is 22. The van der Waals surface area contributed by atoms with Gasteiger partial charge in [0.05, 0.1) is 6.61 Å². The van der Waals surface area contributed by atoms with E-state index in [1.54, 1.807) is 0 Å². The molecule has 10 heteroatoms. The fraction of sp³-hybridized carbons (Fsp3) is 0.938. The van der Waals surface area contributed by atoms with Crippen molar-refractivity contribution in [3.05, 3.63) is 0 Å². The average Bonchev–Trinajstić information content (AvgIpc) is 2.90. The molecule has 0 bridgehead atoms. The molecule has 0 aromatic rings. The van der Waals surface area contributed by atoms with Gasteiger partial charge in [0.15, 0.2) is 0 Å². The molecule has 0 saturated heterocycles.